The number of benzene rings is 1. The highest BCUT2D eigenvalue weighted by molar-refractivity contribution is 6.58. The summed E-state index contributed by atoms with van der Waals surface area (Å²) in [6.45, 7) is 7.15. The van der Waals surface area contributed by atoms with Crippen LogP contribution in [0.1, 0.15) is 26.7 Å². The van der Waals surface area contributed by atoms with Crippen molar-refractivity contribution in [3.05, 3.63) is 24.3 Å². The first-order valence-electron chi connectivity index (χ1n) is 7.39. The highest BCUT2D eigenvalue weighted by atomic mass is 16.5. The molecule has 0 amide bonds. The maximum atomic E-state index is 9.13. The summed E-state index contributed by atoms with van der Waals surface area (Å²) in [5.41, 5.74) is 0.462. The van der Waals surface area contributed by atoms with E-state index in [0.717, 1.165) is 19.1 Å². The first kappa shape index (κ1) is 15.4. The van der Waals surface area contributed by atoms with Gasteiger partial charge >= 0.3 is 7.12 Å². The van der Waals surface area contributed by atoms with Gasteiger partial charge in [-0.05, 0) is 36.4 Å². The summed E-state index contributed by atoms with van der Waals surface area (Å²) in [6, 6.07) is 7.71. The number of nitrogens with zero attached hydrogens (tertiary/aromatic N) is 1. The van der Waals surface area contributed by atoms with Crippen molar-refractivity contribution in [1.29, 1.82) is 0 Å². The van der Waals surface area contributed by atoms with Crippen LogP contribution < -0.4 is 10.2 Å². The van der Waals surface area contributed by atoms with Gasteiger partial charge in [-0.15, -0.1) is 0 Å². The van der Waals surface area contributed by atoms with Gasteiger partial charge in [0.1, 0.15) is 12.4 Å². The van der Waals surface area contributed by atoms with E-state index < -0.39 is 7.12 Å². The lowest BCUT2D eigenvalue weighted by atomic mass is 9.80. The maximum Gasteiger partial charge on any atom is 0.488 e. The van der Waals surface area contributed by atoms with Gasteiger partial charge in [0.25, 0.3) is 0 Å². The molecule has 0 saturated heterocycles. The average Bonchev–Trinajstić information content (AvgIpc) is 3.21. The molecule has 0 aromatic heterocycles. The molecule has 1 aromatic carbocycles. The topological polar surface area (TPSA) is 52.9 Å². The van der Waals surface area contributed by atoms with Gasteiger partial charge < -0.3 is 14.8 Å². The van der Waals surface area contributed by atoms with Crippen molar-refractivity contribution in [2.45, 2.75) is 32.7 Å². The molecule has 0 unspecified atom stereocenters. The summed E-state index contributed by atoms with van der Waals surface area (Å²) in [4.78, 5) is 2.50. The van der Waals surface area contributed by atoms with Crippen LogP contribution in [0.4, 0.5) is 0 Å². The largest absolute Gasteiger partial charge is 0.492 e. The summed E-state index contributed by atoms with van der Waals surface area (Å²) >= 11 is 0. The molecule has 0 bridgehead atoms. The zero-order chi connectivity index (χ0) is 14.5. The Morgan fingerprint density at radius 1 is 1.35 bits per heavy atom. The highest BCUT2D eigenvalue weighted by Gasteiger charge is 2.28. The molecule has 1 aromatic rings. The monoisotopic (exact) mass is 277 g/mol. The van der Waals surface area contributed by atoms with E-state index in [1.165, 1.54) is 12.8 Å². The van der Waals surface area contributed by atoms with Crippen molar-refractivity contribution < 1.29 is 14.8 Å². The molecule has 1 saturated carbocycles. The predicted molar refractivity (Wildman–Crippen MR) is 81.2 cm³/mol. The molecular weight excluding hydrogens is 253 g/mol. The lowest BCUT2D eigenvalue weighted by Gasteiger charge is -2.24. The Hall–Kier alpha value is -1.04. The van der Waals surface area contributed by atoms with Crippen molar-refractivity contribution >= 4 is 12.6 Å². The maximum absolute atomic E-state index is 9.13. The Balaban J connectivity index is 1.80. The molecule has 1 aliphatic carbocycles. The van der Waals surface area contributed by atoms with Crippen LogP contribution >= 0.6 is 0 Å². The Kier molecular flexibility index (Phi) is 5.46. The molecule has 2 N–H and O–H groups in total. The third-order valence-corrected chi connectivity index (χ3v) is 3.47. The van der Waals surface area contributed by atoms with E-state index in [1.54, 1.807) is 18.2 Å². The molecule has 0 atom stereocenters. The van der Waals surface area contributed by atoms with E-state index >= 15 is 0 Å². The number of rotatable bonds is 8. The SMILES string of the molecule is CC(C)CN(CCOc1cccc(B(O)O)c1)C1CC1. The first-order valence-corrected chi connectivity index (χ1v) is 7.39. The molecule has 4 nitrogen and oxygen atoms in total. The standard InChI is InChI=1S/C15H24BNO3/c1-12(2)11-17(14-6-7-14)8-9-20-15-5-3-4-13(10-15)16(18)19/h3-5,10,12,14,18-19H,6-9,11H2,1-2H3. The van der Waals surface area contributed by atoms with Gasteiger partial charge in [0, 0.05) is 19.1 Å². The summed E-state index contributed by atoms with van der Waals surface area (Å²) in [7, 11) is -1.44. The second kappa shape index (κ2) is 7.11. The van der Waals surface area contributed by atoms with Crippen LogP contribution in [-0.4, -0.2) is 47.8 Å². The molecule has 1 aliphatic rings. The van der Waals surface area contributed by atoms with Gasteiger partial charge in [-0.1, -0.05) is 26.0 Å². The molecule has 20 heavy (non-hydrogen) atoms. The van der Waals surface area contributed by atoms with Crippen LogP contribution in [0.5, 0.6) is 5.75 Å². The number of hydrogen-bond acceptors (Lipinski definition) is 4. The molecule has 0 heterocycles. The molecule has 0 spiro atoms. The van der Waals surface area contributed by atoms with Crippen LogP contribution in [0.15, 0.2) is 24.3 Å². The minimum atomic E-state index is -1.44. The van der Waals surface area contributed by atoms with Crippen molar-refractivity contribution in [2.24, 2.45) is 5.92 Å². The molecule has 1 fully saturated rings. The van der Waals surface area contributed by atoms with E-state index in [4.69, 9.17) is 14.8 Å². The van der Waals surface area contributed by atoms with Crippen molar-refractivity contribution in [1.82, 2.24) is 4.90 Å². The average molecular weight is 277 g/mol. The van der Waals surface area contributed by atoms with E-state index in [0.29, 0.717) is 23.7 Å². The molecule has 110 valence electrons. The minimum Gasteiger partial charge on any atom is -0.492 e. The van der Waals surface area contributed by atoms with Crippen LogP contribution in [0, 0.1) is 5.92 Å². The van der Waals surface area contributed by atoms with Crippen molar-refractivity contribution in [3.8, 4) is 5.75 Å². The van der Waals surface area contributed by atoms with Crippen LogP contribution in [-0.2, 0) is 0 Å². The fourth-order valence-electron chi connectivity index (χ4n) is 2.38. The Morgan fingerprint density at radius 3 is 2.70 bits per heavy atom. The summed E-state index contributed by atoms with van der Waals surface area (Å²) in [5.74, 6) is 1.36. The minimum absolute atomic E-state index is 0.462. The molecule has 2 rings (SSSR count). The fourth-order valence-corrected chi connectivity index (χ4v) is 2.38. The Bertz CT molecular complexity index is 421. The fraction of sp³-hybridized carbons (Fsp3) is 0.600. The van der Waals surface area contributed by atoms with Crippen molar-refractivity contribution in [3.63, 3.8) is 0 Å². The van der Waals surface area contributed by atoms with Gasteiger partial charge in [-0.2, -0.15) is 0 Å². The molecular formula is C15H24BNO3. The van der Waals surface area contributed by atoms with E-state index in [1.807, 2.05) is 6.07 Å². The van der Waals surface area contributed by atoms with E-state index in [-0.39, 0.29) is 0 Å². The van der Waals surface area contributed by atoms with E-state index in [9.17, 15) is 0 Å². The zero-order valence-corrected chi connectivity index (χ0v) is 12.3. The second-order valence-electron chi connectivity index (χ2n) is 5.91. The second-order valence-corrected chi connectivity index (χ2v) is 5.91. The predicted octanol–water partition coefficient (Wildman–Crippen LogP) is 0.866. The summed E-state index contributed by atoms with van der Waals surface area (Å²) in [6.07, 6.45) is 2.61. The van der Waals surface area contributed by atoms with Crippen molar-refractivity contribution in [2.75, 3.05) is 19.7 Å². The first-order chi connectivity index (χ1) is 9.56. The van der Waals surface area contributed by atoms with Gasteiger partial charge in [-0.3, -0.25) is 4.90 Å². The zero-order valence-electron chi connectivity index (χ0n) is 12.3. The van der Waals surface area contributed by atoms with Gasteiger partial charge in [-0.25, -0.2) is 0 Å². The lowest BCUT2D eigenvalue weighted by Crippen LogP contribution is -2.34. The summed E-state index contributed by atoms with van der Waals surface area (Å²) < 4.78 is 5.72. The molecule has 0 radical (unpaired) electrons. The number of ether oxygens (including phenoxy) is 1. The number of hydrogen-bond donors (Lipinski definition) is 2. The van der Waals surface area contributed by atoms with Gasteiger partial charge in [0.05, 0.1) is 0 Å². The van der Waals surface area contributed by atoms with E-state index in [2.05, 4.69) is 18.7 Å². The summed E-state index contributed by atoms with van der Waals surface area (Å²) in [5, 5.41) is 18.3. The Morgan fingerprint density at radius 2 is 2.10 bits per heavy atom. The quantitative estimate of drug-likeness (QED) is 0.692. The third kappa shape index (κ3) is 4.82. The normalized spacial score (nSPS) is 14.9. The van der Waals surface area contributed by atoms with Crippen LogP contribution in [0.25, 0.3) is 0 Å². The van der Waals surface area contributed by atoms with Crippen LogP contribution in [0.3, 0.4) is 0 Å². The van der Waals surface area contributed by atoms with Gasteiger partial charge in [0.15, 0.2) is 0 Å². The highest BCUT2D eigenvalue weighted by Crippen LogP contribution is 2.27. The Labute approximate surface area is 121 Å². The third-order valence-electron chi connectivity index (χ3n) is 3.47. The van der Waals surface area contributed by atoms with Crippen LogP contribution in [0.2, 0.25) is 0 Å². The molecule has 5 heteroatoms. The van der Waals surface area contributed by atoms with Gasteiger partial charge in [0.2, 0.25) is 0 Å². The molecule has 0 aliphatic heterocycles. The smallest absolute Gasteiger partial charge is 0.488 e. The lowest BCUT2D eigenvalue weighted by molar-refractivity contribution is 0.185.